The zero-order valence-electron chi connectivity index (χ0n) is 12.3. The molecular formula is C16H20N2O3. The number of carbonyl (C=O) groups excluding carboxylic acids is 1. The SMILES string of the molecule is CNCc1ccc(OCC(=O)N(C)Cc2ccco2)cc1. The van der Waals surface area contributed by atoms with Gasteiger partial charge in [-0.15, -0.1) is 0 Å². The van der Waals surface area contributed by atoms with Crippen molar-refractivity contribution in [2.24, 2.45) is 0 Å². The lowest BCUT2D eigenvalue weighted by Crippen LogP contribution is -2.30. The number of nitrogens with one attached hydrogen (secondary N) is 1. The molecule has 2 aromatic rings. The Hall–Kier alpha value is -2.27. The van der Waals surface area contributed by atoms with Gasteiger partial charge in [-0.1, -0.05) is 12.1 Å². The molecule has 1 aromatic heterocycles. The second-order valence-corrected chi connectivity index (χ2v) is 4.79. The molecule has 0 aliphatic heterocycles. The van der Waals surface area contributed by atoms with E-state index in [1.54, 1.807) is 24.3 Å². The lowest BCUT2D eigenvalue weighted by atomic mass is 10.2. The number of hydrogen-bond donors (Lipinski definition) is 1. The topological polar surface area (TPSA) is 54.7 Å². The van der Waals surface area contributed by atoms with Gasteiger partial charge in [-0.05, 0) is 36.9 Å². The molecule has 1 N–H and O–H groups in total. The van der Waals surface area contributed by atoms with Crippen molar-refractivity contribution in [1.82, 2.24) is 10.2 Å². The van der Waals surface area contributed by atoms with Crippen LogP contribution in [0.3, 0.4) is 0 Å². The molecule has 0 unspecified atom stereocenters. The molecule has 0 radical (unpaired) electrons. The largest absolute Gasteiger partial charge is 0.484 e. The summed E-state index contributed by atoms with van der Waals surface area (Å²) < 4.78 is 10.7. The van der Waals surface area contributed by atoms with Crippen molar-refractivity contribution in [3.63, 3.8) is 0 Å². The summed E-state index contributed by atoms with van der Waals surface area (Å²) in [5.74, 6) is 1.35. The number of carbonyl (C=O) groups is 1. The van der Waals surface area contributed by atoms with Gasteiger partial charge in [0.2, 0.25) is 0 Å². The summed E-state index contributed by atoms with van der Waals surface area (Å²) in [5.41, 5.74) is 1.17. The fourth-order valence-corrected chi connectivity index (χ4v) is 1.89. The van der Waals surface area contributed by atoms with Crippen LogP contribution >= 0.6 is 0 Å². The average molecular weight is 288 g/mol. The summed E-state index contributed by atoms with van der Waals surface area (Å²) in [6.07, 6.45) is 1.59. The standard InChI is InChI=1S/C16H20N2O3/c1-17-10-13-5-7-14(8-6-13)21-12-16(19)18(2)11-15-4-3-9-20-15/h3-9,17H,10-12H2,1-2H3. The van der Waals surface area contributed by atoms with Crippen LogP contribution in [-0.4, -0.2) is 31.5 Å². The van der Waals surface area contributed by atoms with Crippen molar-refractivity contribution >= 4 is 5.91 Å². The van der Waals surface area contributed by atoms with Gasteiger partial charge in [0.05, 0.1) is 12.8 Å². The molecule has 1 aromatic carbocycles. The highest BCUT2D eigenvalue weighted by Crippen LogP contribution is 2.12. The highest BCUT2D eigenvalue weighted by Gasteiger charge is 2.11. The van der Waals surface area contributed by atoms with Gasteiger partial charge in [-0.25, -0.2) is 0 Å². The van der Waals surface area contributed by atoms with Gasteiger partial charge in [-0.3, -0.25) is 4.79 Å². The molecule has 0 spiro atoms. The third kappa shape index (κ3) is 4.65. The highest BCUT2D eigenvalue weighted by molar-refractivity contribution is 5.77. The maximum Gasteiger partial charge on any atom is 0.260 e. The Labute approximate surface area is 124 Å². The van der Waals surface area contributed by atoms with Crippen molar-refractivity contribution in [3.8, 4) is 5.75 Å². The van der Waals surface area contributed by atoms with E-state index in [4.69, 9.17) is 9.15 Å². The van der Waals surface area contributed by atoms with E-state index in [9.17, 15) is 4.79 Å². The van der Waals surface area contributed by atoms with Gasteiger partial charge in [-0.2, -0.15) is 0 Å². The molecule has 5 nitrogen and oxygen atoms in total. The zero-order chi connectivity index (χ0) is 15.1. The van der Waals surface area contributed by atoms with E-state index in [1.165, 1.54) is 5.56 Å². The van der Waals surface area contributed by atoms with Crippen LogP contribution in [0.1, 0.15) is 11.3 Å². The number of amides is 1. The second kappa shape index (κ2) is 7.50. The van der Waals surface area contributed by atoms with Crippen LogP contribution in [0.5, 0.6) is 5.75 Å². The van der Waals surface area contributed by atoms with Crippen LogP contribution in [-0.2, 0) is 17.9 Å². The van der Waals surface area contributed by atoms with E-state index in [1.807, 2.05) is 37.4 Å². The molecule has 1 heterocycles. The molecule has 0 fully saturated rings. The first kappa shape index (κ1) is 15.1. The summed E-state index contributed by atoms with van der Waals surface area (Å²) in [6, 6.07) is 11.3. The molecule has 5 heteroatoms. The average Bonchev–Trinajstić information content (AvgIpc) is 2.99. The number of hydrogen-bond acceptors (Lipinski definition) is 4. The zero-order valence-corrected chi connectivity index (χ0v) is 12.3. The minimum atomic E-state index is -0.0919. The lowest BCUT2D eigenvalue weighted by Gasteiger charge is -2.16. The first-order chi connectivity index (χ1) is 10.2. The molecule has 2 rings (SSSR count). The number of ether oxygens (including phenoxy) is 1. The Balaban J connectivity index is 1.80. The van der Waals surface area contributed by atoms with E-state index in [0.29, 0.717) is 12.3 Å². The summed E-state index contributed by atoms with van der Waals surface area (Å²) in [7, 11) is 3.63. The molecule has 0 aliphatic rings. The third-order valence-electron chi connectivity index (χ3n) is 3.07. The normalized spacial score (nSPS) is 10.4. The van der Waals surface area contributed by atoms with Crippen LogP contribution in [0.25, 0.3) is 0 Å². The number of furan rings is 1. The van der Waals surface area contributed by atoms with Crippen molar-refractivity contribution in [2.45, 2.75) is 13.1 Å². The van der Waals surface area contributed by atoms with Gasteiger partial charge in [0.1, 0.15) is 11.5 Å². The molecule has 1 amide bonds. The smallest absolute Gasteiger partial charge is 0.260 e. The molecule has 0 saturated heterocycles. The number of rotatable bonds is 7. The first-order valence-corrected chi connectivity index (χ1v) is 6.81. The van der Waals surface area contributed by atoms with Crippen LogP contribution in [0.2, 0.25) is 0 Å². The molecule has 112 valence electrons. The maximum atomic E-state index is 12.0. The maximum absolute atomic E-state index is 12.0. The van der Waals surface area contributed by atoms with Crippen LogP contribution in [0.4, 0.5) is 0 Å². The van der Waals surface area contributed by atoms with E-state index in [2.05, 4.69) is 5.32 Å². The Morgan fingerprint density at radius 1 is 1.29 bits per heavy atom. The summed E-state index contributed by atoms with van der Waals surface area (Å²) in [6.45, 7) is 1.27. The van der Waals surface area contributed by atoms with E-state index < -0.39 is 0 Å². The van der Waals surface area contributed by atoms with Crippen molar-refractivity contribution < 1.29 is 13.9 Å². The predicted molar refractivity (Wildman–Crippen MR) is 79.9 cm³/mol. The van der Waals surface area contributed by atoms with Gasteiger partial charge in [0.15, 0.2) is 6.61 Å². The Bertz CT molecular complexity index is 549. The summed E-state index contributed by atoms with van der Waals surface area (Å²) >= 11 is 0. The lowest BCUT2D eigenvalue weighted by molar-refractivity contribution is -0.132. The van der Waals surface area contributed by atoms with E-state index in [0.717, 1.165) is 12.3 Å². The van der Waals surface area contributed by atoms with Gasteiger partial charge >= 0.3 is 0 Å². The summed E-state index contributed by atoms with van der Waals surface area (Å²) in [4.78, 5) is 13.5. The molecule has 0 atom stereocenters. The number of benzene rings is 1. The molecule has 0 bridgehead atoms. The Morgan fingerprint density at radius 3 is 2.67 bits per heavy atom. The van der Waals surface area contributed by atoms with Crippen LogP contribution in [0, 0.1) is 0 Å². The number of nitrogens with zero attached hydrogens (tertiary/aromatic N) is 1. The minimum Gasteiger partial charge on any atom is -0.484 e. The Morgan fingerprint density at radius 2 is 2.05 bits per heavy atom. The highest BCUT2D eigenvalue weighted by atomic mass is 16.5. The fraction of sp³-hybridized carbons (Fsp3) is 0.312. The van der Waals surface area contributed by atoms with Crippen LogP contribution < -0.4 is 10.1 Å². The van der Waals surface area contributed by atoms with Crippen molar-refractivity contribution in [2.75, 3.05) is 20.7 Å². The van der Waals surface area contributed by atoms with Crippen LogP contribution in [0.15, 0.2) is 47.1 Å². The molecule has 21 heavy (non-hydrogen) atoms. The minimum absolute atomic E-state index is 0.0165. The second-order valence-electron chi connectivity index (χ2n) is 4.79. The quantitative estimate of drug-likeness (QED) is 0.847. The summed E-state index contributed by atoms with van der Waals surface area (Å²) in [5, 5.41) is 3.08. The van der Waals surface area contributed by atoms with Gasteiger partial charge < -0.3 is 19.4 Å². The van der Waals surface area contributed by atoms with Crippen molar-refractivity contribution in [1.29, 1.82) is 0 Å². The predicted octanol–water partition coefficient (Wildman–Crippen LogP) is 2.04. The molecule has 0 aliphatic carbocycles. The van der Waals surface area contributed by atoms with E-state index >= 15 is 0 Å². The van der Waals surface area contributed by atoms with Gasteiger partial charge in [0.25, 0.3) is 5.91 Å². The number of likely N-dealkylation sites (N-methyl/N-ethyl adjacent to an activating group) is 1. The Kier molecular flexibility index (Phi) is 5.40. The van der Waals surface area contributed by atoms with Gasteiger partial charge in [0, 0.05) is 13.6 Å². The fourth-order valence-electron chi connectivity index (χ4n) is 1.89. The van der Waals surface area contributed by atoms with Crippen molar-refractivity contribution in [3.05, 3.63) is 54.0 Å². The molecule has 0 saturated carbocycles. The van der Waals surface area contributed by atoms with E-state index in [-0.39, 0.29) is 12.5 Å². The third-order valence-corrected chi connectivity index (χ3v) is 3.07. The monoisotopic (exact) mass is 288 g/mol. The first-order valence-electron chi connectivity index (χ1n) is 6.81. The molecular weight excluding hydrogens is 268 g/mol.